The van der Waals surface area contributed by atoms with Gasteiger partial charge in [-0.05, 0) is 42.0 Å². The van der Waals surface area contributed by atoms with E-state index < -0.39 is 11.8 Å². The van der Waals surface area contributed by atoms with Crippen molar-refractivity contribution in [2.45, 2.75) is 6.61 Å². The zero-order valence-electron chi connectivity index (χ0n) is 17.6. The summed E-state index contributed by atoms with van der Waals surface area (Å²) in [4.78, 5) is 24.3. The molecule has 0 radical (unpaired) electrons. The van der Waals surface area contributed by atoms with E-state index in [0.717, 1.165) is 5.56 Å². The molecule has 0 bridgehead atoms. The van der Waals surface area contributed by atoms with Crippen LogP contribution in [0.1, 0.15) is 11.1 Å². The summed E-state index contributed by atoms with van der Waals surface area (Å²) in [5, 5.41) is 7.42. The summed E-state index contributed by atoms with van der Waals surface area (Å²) in [6.45, 7) is 0.174. The highest BCUT2D eigenvalue weighted by molar-refractivity contribution is 6.45. The Morgan fingerprint density at radius 2 is 1.71 bits per heavy atom. The van der Waals surface area contributed by atoms with Crippen molar-refractivity contribution in [3.8, 4) is 11.5 Å². The second-order valence-corrected chi connectivity index (χ2v) is 8.27. The highest BCUT2D eigenvalue weighted by Gasteiger charge is 2.16. The molecule has 3 rings (SSSR count). The van der Waals surface area contributed by atoms with Gasteiger partial charge < -0.3 is 14.8 Å². The molecular formula is C23H17Cl4N3O4. The van der Waals surface area contributed by atoms with Gasteiger partial charge in [-0.2, -0.15) is 5.10 Å². The number of carbonyl (C=O) groups is 2. The third-order valence-corrected chi connectivity index (χ3v) is 5.93. The van der Waals surface area contributed by atoms with Crippen molar-refractivity contribution in [2.75, 3.05) is 12.4 Å². The number of hydrazone groups is 1. The molecule has 0 aliphatic heterocycles. The summed E-state index contributed by atoms with van der Waals surface area (Å²) >= 11 is 23.9. The minimum absolute atomic E-state index is 0.119. The highest BCUT2D eigenvalue weighted by Crippen LogP contribution is 2.32. The van der Waals surface area contributed by atoms with Crippen LogP contribution in [0.3, 0.4) is 0 Å². The average Bonchev–Trinajstić information content (AvgIpc) is 2.82. The lowest BCUT2D eigenvalue weighted by Gasteiger charge is -2.13. The van der Waals surface area contributed by atoms with E-state index >= 15 is 0 Å². The number of nitrogens with one attached hydrogen (secondary N) is 2. The Morgan fingerprint density at radius 3 is 2.44 bits per heavy atom. The molecule has 2 amide bonds. The highest BCUT2D eigenvalue weighted by atomic mass is 35.5. The molecule has 0 saturated heterocycles. The predicted octanol–water partition coefficient (Wildman–Crippen LogP) is 5.98. The smallest absolute Gasteiger partial charge is 0.329 e. The predicted molar refractivity (Wildman–Crippen MR) is 135 cm³/mol. The monoisotopic (exact) mass is 539 g/mol. The summed E-state index contributed by atoms with van der Waals surface area (Å²) in [5.74, 6) is -1.15. The number of carbonyl (C=O) groups excluding carboxylic acids is 2. The fourth-order valence-corrected chi connectivity index (χ4v) is 3.39. The lowest BCUT2D eigenvalue weighted by atomic mass is 10.2. The van der Waals surface area contributed by atoms with E-state index in [9.17, 15) is 9.59 Å². The topological polar surface area (TPSA) is 89.0 Å². The number of rotatable bonds is 7. The van der Waals surface area contributed by atoms with Gasteiger partial charge in [-0.15, -0.1) is 0 Å². The maximum Gasteiger partial charge on any atom is 0.329 e. The van der Waals surface area contributed by atoms with Crippen LogP contribution in [-0.2, 0) is 16.2 Å². The molecule has 3 aromatic rings. The largest absolute Gasteiger partial charge is 0.493 e. The van der Waals surface area contributed by atoms with Crippen LogP contribution >= 0.6 is 46.4 Å². The molecule has 0 aromatic heterocycles. The van der Waals surface area contributed by atoms with Gasteiger partial charge in [-0.1, -0.05) is 64.6 Å². The molecule has 7 nitrogen and oxygen atoms in total. The maximum atomic E-state index is 12.1. The number of para-hydroxylation sites is 1. The van der Waals surface area contributed by atoms with Crippen molar-refractivity contribution in [3.05, 3.63) is 85.8 Å². The van der Waals surface area contributed by atoms with Crippen molar-refractivity contribution in [3.63, 3.8) is 0 Å². The molecular weight excluding hydrogens is 524 g/mol. The number of amides is 2. The van der Waals surface area contributed by atoms with E-state index in [1.165, 1.54) is 19.4 Å². The number of halogens is 4. The van der Waals surface area contributed by atoms with Crippen molar-refractivity contribution in [2.24, 2.45) is 5.10 Å². The molecule has 2 N–H and O–H groups in total. The van der Waals surface area contributed by atoms with Crippen LogP contribution in [0.5, 0.6) is 11.5 Å². The van der Waals surface area contributed by atoms with Crippen LogP contribution in [0.15, 0.2) is 59.7 Å². The Morgan fingerprint density at radius 1 is 0.941 bits per heavy atom. The van der Waals surface area contributed by atoms with Crippen LogP contribution in [0.25, 0.3) is 0 Å². The van der Waals surface area contributed by atoms with Crippen LogP contribution in [0.4, 0.5) is 5.69 Å². The zero-order valence-corrected chi connectivity index (χ0v) is 20.6. The molecule has 0 heterocycles. The molecule has 0 spiro atoms. The molecule has 176 valence electrons. The lowest BCUT2D eigenvalue weighted by Crippen LogP contribution is -2.32. The van der Waals surface area contributed by atoms with Crippen molar-refractivity contribution < 1.29 is 19.1 Å². The number of hydrogen-bond acceptors (Lipinski definition) is 5. The fraction of sp³-hybridized carbons (Fsp3) is 0.0870. The number of anilines is 1. The van der Waals surface area contributed by atoms with Crippen LogP contribution in [0, 0.1) is 0 Å². The summed E-state index contributed by atoms with van der Waals surface area (Å²) in [6, 6.07) is 14.9. The average molecular weight is 541 g/mol. The summed E-state index contributed by atoms with van der Waals surface area (Å²) in [7, 11) is 1.50. The Hall–Kier alpha value is -2.97. The van der Waals surface area contributed by atoms with Gasteiger partial charge >= 0.3 is 11.8 Å². The first-order valence-electron chi connectivity index (χ1n) is 9.62. The molecule has 0 aliphatic carbocycles. The summed E-state index contributed by atoms with van der Waals surface area (Å²) in [5.41, 5.74) is 3.63. The first-order chi connectivity index (χ1) is 16.3. The second-order valence-electron chi connectivity index (χ2n) is 6.67. The van der Waals surface area contributed by atoms with Gasteiger partial charge in [0.05, 0.1) is 39.1 Å². The standard InChI is InChI=1S/C23H17Cl4N3O4/c1-33-19-7-2-4-14(21(19)34-12-13-8-9-15(24)17(26)10-13)11-28-30-23(32)22(31)29-18-6-3-5-16(25)20(18)27/h2-11H,12H2,1H3,(H,29,31)(H,30,32)/b28-11-. The van der Waals surface area contributed by atoms with E-state index in [4.69, 9.17) is 55.9 Å². The number of ether oxygens (including phenoxy) is 2. The number of methoxy groups -OCH3 is 1. The van der Waals surface area contributed by atoms with Crippen molar-refractivity contribution >= 4 is 70.1 Å². The van der Waals surface area contributed by atoms with E-state index in [1.54, 1.807) is 48.5 Å². The molecule has 11 heteroatoms. The Labute approximate surface area is 215 Å². The maximum absolute atomic E-state index is 12.1. The van der Waals surface area contributed by atoms with Gasteiger partial charge in [0.15, 0.2) is 11.5 Å². The Kier molecular flexibility index (Phi) is 9.01. The fourth-order valence-electron chi connectivity index (χ4n) is 2.73. The van der Waals surface area contributed by atoms with Gasteiger partial charge in [0.1, 0.15) is 6.61 Å². The Balaban J connectivity index is 1.68. The minimum Gasteiger partial charge on any atom is -0.493 e. The van der Waals surface area contributed by atoms with Gasteiger partial charge in [0.2, 0.25) is 0 Å². The molecule has 34 heavy (non-hydrogen) atoms. The van der Waals surface area contributed by atoms with Crippen LogP contribution < -0.4 is 20.2 Å². The number of nitrogens with zero attached hydrogens (tertiary/aromatic N) is 1. The number of benzene rings is 3. The molecule has 0 atom stereocenters. The van der Waals surface area contributed by atoms with E-state index in [2.05, 4.69) is 15.8 Å². The third-order valence-electron chi connectivity index (χ3n) is 4.37. The van der Waals surface area contributed by atoms with Gasteiger partial charge in [0, 0.05) is 5.56 Å². The lowest BCUT2D eigenvalue weighted by molar-refractivity contribution is -0.136. The van der Waals surface area contributed by atoms with Gasteiger partial charge in [-0.25, -0.2) is 5.43 Å². The number of hydrogen-bond donors (Lipinski definition) is 2. The normalized spacial score (nSPS) is 10.7. The molecule has 0 aliphatic rings. The molecule has 0 saturated carbocycles. The molecule has 0 fully saturated rings. The van der Waals surface area contributed by atoms with Crippen molar-refractivity contribution in [1.29, 1.82) is 0 Å². The van der Waals surface area contributed by atoms with E-state index in [1.807, 2.05) is 0 Å². The first-order valence-corrected chi connectivity index (χ1v) is 11.1. The molecule has 3 aromatic carbocycles. The quantitative estimate of drug-likeness (QED) is 0.219. The second kappa shape index (κ2) is 11.9. The van der Waals surface area contributed by atoms with E-state index in [0.29, 0.717) is 27.1 Å². The van der Waals surface area contributed by atoms with Gasteiger partial charge in [0.25, 0.3) is 0 Å². The third kappa shape index (κ3) is 6.55. The Bertz CT molecular complexity index is 1250. The molecule has 0 unspecified atom stereocenters. The first kappa shape index (κ1) is 25.6. The van der Waals surface area contributed by atoms with Gasteiger partial charge in [-0.3, -0.25) is 9.59 Å². The van der Waals surface area contributed by atoms with Crippen molar-refractivity contribution in [1.82, 2.24) is 5.43 Å². The summed E-state index contributed by atoms with van der Waals surface area (Å²) in [6.07, 6.45) is 1.32. The van der Waals surface area contributed by atoms with E-state index in [-0.39, 0.29) is 22.3 Å². The zero-order chi connectivity index (χ0) is 24.7. The van der Waals surface area contributed by atoms with Crippen LogP contribution in [-0.4, -0.2) is 25.1 Å². The summed E-state index contributed by atoms with van der Waals surface area (Å²) < 4.78 is 11.3. The minimum atomic E-state index is -1.01. The SMILES string of the molecule is COc1cccc(/C=N\NC(=O)C(=O)Nc2cccc(Cl)c2Cl)c1OCc1ccc(Cl)c(Cl)c1. The van der Waals surface area contributed by atoms with Crippen LogP contribution in [0.2, 0.25) is 20.1 Å².